The van der Waals surface area contributed by atoms with Crippen LogP contribution in [-0.2, 0) is 20.9 Å². The molecule has 2 saturated heterocycles. The molecule has 2 saturated carbocycles. The lowest BCUT2D eigenvalue weighted by molar-refractivity contribution is -0.139. The predicted molar refractivity (Wildman–Crippen MR) is 228 cm³/mol. The van der Waals surface area contributed by atoms with Gasteiger partial charge in [0.05, 0.1) is 11.7 Å². The molecule has 1 unspecified atom stereocenters. The highest BCUT2D eigenvalue weighted by molar-refractivity contribution is 6.08. The summed E-state index contributed by atoms with van der Waals surface area (Å²) >= 11 is 0. The third-order valence-electron chi connectivity index (χ3n) is 13.0. The van der Waals surface area contributed by atoms with Gasteiger partial charge in [0, 0.05) is 55.6 Å². The van der Waals surface area contributed by atoms with E-state index >= 15 is 0 Å². The number of aromatic nitrogens is 4. The summed E-state index contributed by atoms with van der Waals surface area (Å²) in [6.45, 7) is 5.72. The van der Waals surface area contributed by atoms with Crippen LogP contribution in [0.1, 0.15) is 114 Å². The van der Waals surface area contributed by atoms with Gasteiger partial charge in [-0.25, -0.2) is 18.7 Å². The largest absolute Gasteiger partial charge is 0.444 e. The number of benzene rings is 1. The van der Waals surface area contributed by atoms with Crippen molar-refractivity contribution < 1.29 is 37.2 Å². The quantitative estimate of drug-likeness (QED) is 0.0884. The smallest absolute Gasteiger partial charge is 0.284 e. The molecule has 2 aliphatic carbocycles. The minimum atomic E-state index is -2.89. The Morgan fingerprint density at radius 3 is 2.51 bits per heavy atom. The number of carbonyl (C=O) groups is 5. The number of pyridine rings is 1. The van der Waals surface area contributed by atoms with E-state index in [0.717, 1.165) is 75.2 Å². The number of likely N-dealkylation sites (tertiary alicyclic amines) is 1. The molecule has 16 nitrogen and oxygen atoms in total. The second kappa shape index (κ2) is 19.2. The van der Waals surface area contributed by atoms with E-state index in [1.807, 2.05) is 25.1 Å². The van der Waals surface area contributed by atoms with Crippen molar-refractivity contribution >= 4 is 41.5 Å². The van der Waals surface area contributed by atoms with E-state index in [1.54, 1.807) is 23.0 Å². The lowest BCUT2D eigenvalue weighted by Gasteiger charge is -2.39. The number of rotatable bonds is 16. The number of oxazole rings is 1. The van der Waals surface area contributed by atoms with Gasteiger partial charge in [0.25, 0.3) is 18.2 Å². The fourth-order valence-corrected chi connectivity index (χ4v) is 9.19. The number of nitrogens with one attached hydrogen (secondary N) is 3. The van der Waals surface area contributed by atoms with E-state index in [2.05, 4.69) is 47.9 Å². The minimum absolute atomic E-state index is 0.0411. The van der Waals surface area contributed by atoms with E-state index in [4.69, 9.17) is 4.42 Å². The third-order valence-corrected chi connectivity index (χ3v) is 13.0. The molecule has 8 rings (SSSR count). The van der Waals surface area contributed by atoms with Crippen molar-refractivity contribution in [2.45, 2.75) is 102 Å². The topological polar surface area (TPSA) is 188 Å². The van der Waals surface area contributed by atoms with Gasteiger partial charge in [-0.3, -0.25) is 43.8 Å². The monoisotopic (exact) mass is 868 g/mol. The summed E-state index contributed by atoms with van der Waals surface area (Å²) in [7, 11) is 2.16. The van der Waals surface area contributed by atoms with Crippen molar-refractivity contribution in [2.24, 2.45) is 11.8 Å². The third kappa shape index (κ3) is 10.3. The molecule has 4 fully saturated rings. The van der Waals surface area contributed by atoms with Crippen molar-refractivity contribution in [3.63, 3.8) is 0 Å². The fourth-order valence-electron chi connectivity index (χ4n) is 9.19. The average Bonchev–Trinajstić information content (AvgIpc) is 3.79. The van der Waals surface area contributed by atoms with Gasteiger partial charge < -0.3 is 20.0 Å². The maximum atomic E-state index is 14.2. The molecule has 4 aromatic rings. The Hall–Kier alpha value is -5.88. The van der Waals surface area contributed by atoms with E-state index in [9.17, 15) is 32.8 Å². The summed E-state index contributed by atoms with van der Waals surface area (Å²) in [4.78, 5) is 77.6. The standard InChI is InChI=1S/C45H54F2N10O6/c1-27-4-3-5-31(39(27)45(62)56(26-58)36-12-13-38(59)52-43(36)61)23-55-18-15-32(16-19-55)54(2)22-29-8-10-33(11-9-29)57-24-34(40(53-57)41(46)47)50-42(60)35-25-63-44(51-35)30-14-17-48-37(20-30)49-21-28-6-7-28/h3-5,14,17,20,24-26,28-29,32-33,36,41H,6-13,15-16,18-19,21-23H2,1-2H3,(H,48,49)(H,50,60)(H,52,59,61)/t29-,33-,36?. The van der Waals surface area contributed by atoms with Gasteiger partial charge in [0.2, 0.25) is 24.1 Å². The zero-order chi connectivity index (χ0) is 44.2. The number of carbonyl (C=O) groups excluding carboxylic acids is 5. The van der Waals surface area contributed by atoms with Crippen LogP contribution in [0.2, 0.25) is 0 Å². The second-order valence-electron chi connectivity index (χ2n) is 17.5. The van der Waals surface area contributed by atoms with Crippen LogP contribution in [-0.4, -0.2) is 110 Å². The van der Waals surface area contributed by atoms with Crippen LogP contribution in [0.3, 0.4) is 0 Å². The first-order valence-corrected chi connectivity index (χ1v) is 21.9. The van der Waals surface area contributed by atoms with Crippen LogP contribution in [0, 0.1) is 18.8 Å². The maximum absolute atomic E-state index is 14.2. The van der Waals surface area contributed by atoms with E-state index < -0.39 is 41.8 Å². The highest BCUT2D eigenvalue weighted by Gasteiger charge is 2.37. The van der Waals surface area contributed by atoms with Gasteiger partial charge in [-0.05, 0) is 120 Å². The summed E-state index contributed by atoms with van der Waals surface area (Å²) < 4.78 is 35.6. The van der Waals surface area contributed by atoms with Crippen LogP contribution in [0.5, 0.6) is 0 Å². The van der Waals surface area contributed by atoms with Gasteiger partial charge in [0.15, 0.2) is 11.4 Å². The number of amides is 5. The number of halogens is 2. The number of aryl methyl sites for hydroxylation is 1. The molecule has 3 aromatic heterocycles. The van der Waals surface area contributed by atoms with Gasteiger partial charge in [-0.2, -0.15) is 5.10 Å². The summed E-state index contributed by atoms with van der Waals surface area (Å²) in [6, 6.07) is 8.37. The van der Waals surface area contributed by atoms with Crippen LogP contribution >= 0.6 is 0 Å². The molecule has 1 aromatic carbocycles. The molecule has 0 spiro atoms. The number of hydrogen-bond donors (Lipinski definition) is 3. The first-order valence-electron chi connectivity index (χ1n) is 21.9. The zero-order valence-electron chi connectivity index (χ0n) is 35.6. The molecular weight excluding hydrogens is 815 g/mol. The fraction of sp³-hybridized carbons (Fsp3) is 0.511. The molecule has 2 aliphatic heterocycles. The van der Waals surface area contributed by atoms with E-state index in [-0.39, 0.29) is 36.2 Å². The van der Waals surface area contributed by atoms with Gasteiger partial charge in [0.1, 0.15) is 18.1 Å². The van der Waals surface area contributed by atoms with Crippen LogP contribution in [0.25, 0.3) is 11.5 Å². The molecule has 334 valence electrons. The average molecular weight is 869 g/mol. The zero-order valence-corrected chi connectivity index (χ0v) is 35.6. The van der Waals surface area contributed by atoms with E-state index in [1.165, 1.54) is 25.3 Å². The molecule has 3 N–H and O–H groups in total. The van der Waals surface area contributed by atoms with Crippen LogP contribution in [0.15, 0.2) is 53.4 Å². The van der Waals surface area contributed by atoms with Gasteiger partial charge in [-0.15, -0.1) is 0 Å². The minimum Gasteiger partial charge on any atom is -0.444 e. The summed E-state index contributed by atoms with van der Waals surface area (Å²) in [6.07, 6.45) is 9.64. The molecule has 63 heavy (non-hydrogen) atoms. The van der Waals surface area contributed by atoms with Crippen molar-refractivity contribution in [1.29, 1.82) is 0 Å². The molecule has 18 heteroatoms. The Labute approximate surface area is 364 Å². The van der Waals surface area contributed by atoms with Crippen LogP contribution in [0.4, 0.5) is 20.3 Å². The Kier molecular flexibility index (Phi) is 13.4. The second-order valence-corrected chi connectivity index (χ2v) is 17.5. The lowest BCUT2D eigenvalue weighted by atomic mass is 9.85. The molecule has 0 radical (unpaired) electrons. The number of hydrogen-bond acceptors (Lipinski definition) is 12. The normalized spacial score (nSPS) is 21.1. The number of piperidine rings is 2. The highest BCUT2D eigenvalue weighted by Crippen LogP contribution is 2.36. The van der Waals surface area contributed by atoms with E-state index in [0.29, 0.717) is 53.3 Å². The molecule has 1 atom stereocenters. The van der Waals surface area contributed by atoms with Gasteiger partial charge >= 0.3 is 0 Å². The Bertz CT molecular complexity index is 2310. The van der Waals surface area contributed by atoms with Crippen molar-refractivity contribution in [2.75, 3.05) is 43.9 Å². The lowest BCUT2D eigenvalue weighted by Crippen LogP contribution is -2.54. The molecule has 0 bridgehead atoms. The van der Waals surface area contributed by atoms with Crippen molar-refractivity contribution in [1.82, 2.24) is 39.8 Å². The SMILES string of the molecule is Cc1cccc(CN2CCC(N(C)C[C@H]3CC[C@H](n4cc(NC(=O)c5coc(-c6ccnc(NCC7CC7)c6)n5)c(C(F)F)n4)CC3)CC2)c1C(=O)N(C=O)C1CCC(=O)NC1=O. The maximum Gasteiger partial charge on any atom is 0.284 e. The summed E-state index contributed by atoms with van der Waals surface area (Å²) in [5, 5.41) is 12.4. The van der Waals surface area contributed by atoms with Crippen LogP contribution < -0.4 is 16.0 Å². The molecule has 5 heterocycles. The molecule has 4 aliphatic rings. The highest BCUT2D eigenvalue weighted by atomic mass is 19.3. The first-order chi connectivity index (χ1) is 30.4. The number of imide groups is 2. The Morgan fingerprint density at radius 2 is 1.79 bits per heavy atom. The first kappa shape index (κ1) is 43.8. The Balaban J connectivity index is 0.811. The number of alkyl halides is 2. The van der Waals surface area contributed by atoms with Gasteiger partial charge in [-0.1, -0.05) is 18.2 Å². The predicted octanol–water partition coefficient (Wildman–Crippen LogP) is 5.98. The molecule has 5 amide bonds. The van der Waals surface area contributed by atoms with Crippen molar-refractivity contribution in [3.8, 4) is 11.5 Å². The summed E-state index contributed by atoms with van der Waals surface area (Å²) in [5.74, 6) is -0.286. The Morgan fingerprint density at radius 1 is 1.03 bits per heavy atom. The molecular formula is C45H54F2N10O6. The van der Waals surface area contributed by atoms with Crippen molar-refractivity contribution in [3.05, 3.63) is 77.1 Å². The summed E-state index contributed by atoms with van der Waals surface area (Å²) in [5.41, 5.74) is 1.95. The number of nitrogens with zero attached hydrogens (tertiary/aromatic N) is 7. The number of anilines is 2.